The van der Waals surface area contributed by atoms with Gasteiger partial charge in [0.15, 0.2) is 6.29 Å². The van der Waals surface area contributed by atoms with E-state index in [9.17, 15) is 30.3 Å². The summed E-state index contributed by atoms with van der Waals surface area (Å²) in [5.74, 6) is -0.136. The molecule has 1 fully saturated rings. The molecule has 0 aliphatic carbocycles. The highest BCUT2D eigenvalue weighted by molar-refractivity contribution is 5.76. The molecule has 9 nitrogen and oxygen atoms in total. The van der Waals surface area contributed by atoms with E-state index in [1.807, 2.05) is 0 Å². The molecule has 76 heavy (non-hydrogen) atoms. The molecule has 0 aromatic carbocycles. The van der Waals surface area contributed by atoms with Gasteiger partial charge in [0.05, 0.1) is 25.4 Å². The number of rotatable bonds is 60. The van der Waals surface area contributed by atoms with Crippen molar-refractivity contribution in [1.82, 2.24) is 5.32 Å². The Morgan fingerprint density at radius 2 is 0.737 bits per heavy atom. The molecule has 0 aromatic heterocycles. The molecule has 7 unspecified atom stereocenters. The molecule has 0 bridgehead atoms. The van der Waals surface area contributed by atoms with Gasteiger partial charge in [-0.1, -0.05) is 321 Å². The van der Waals surface area contributed by atoms with E-state index in [-0.39, 0.29) is 12.5 Å². The summed E-state index contributed by atoms with van der Waals surface area (Å²) in [6.45, 7) is 3.90. The average molecular weight is 1080 g/mol. The van der Waals surface area contributed by atoms with Gasteiger partial charge in [0.2, 0.25) is 5.91 Å². The van der Waals surface area contributed by atoms with Gasteiger partial charge >= 0.3 is 0 Å². The Morgan fingerprint density at radius 1 is 0.434 bits per heavy atom. The summed E-state index contributed by atoms with van der Waals surface area (Å²) in [7, 11) is 0. The van der Waals surface area contributed by atoms with E-state index >= 15 is 0 Å². The van der Waals surface area contributed by atoms with Crippen LogP contribution in [0.5, 0.6) is 0 Å². The summed E-state index contributed by atoms with van der Waals surface area (Å²) in [5, 5.41) is 54.9. The lowest BCUT2D eigenvalue weighted by atomic mass is 9.99. The van der Waals surface area contributed by atoms with Crippen molar-refractivity contribution in [3.05, 3.63) is 12.2 Å². The molecule has 452 valence electrons. The van der Waals surface area contributed by atoms with Crippen molar-refractivity contribution in [1.29, 1.82) is 0 Å². The van der Waals surface area contributed by atoms with Gasteiger partial charge in [-0.25, -0.2) is 0 Å². The third-order valence-electron chi connectivity index (χ3n) is 16.6. The zero-order chi connectivity index (χ0) is 55.0. The number of unbranched alkanes of at least 4 members (excludes halogenated alkanes) is 48. The predicted molar refractivity (Wildman–Crippen MR) is 323 cm³/mol. The topological polar surface area (TPSA) is 149 Å². The summed E-state index contributed by atoms with van der Waals surface area (Å²) < 4.78 is 11.4. The molecular weight excluding hydrogens is 947 g/mol. The standard InChI is InChI=1S/C67H131NO8/c1-3-5-7-9-11-13-15-17-19-21-23-25-26-27-28-29-30-31-32-33-34-35-37-39-41-43-45-47-49-51-53-55-57-63(71)68-60(59-75-67-66(74)65(73)64(72)62(58-69)76-67)61(70)56-54-52-50-48-46-44-42-40-38-36-24-22-20-18-16-14-12-10-8-6-4-2/h27-28,60-62,64-67,69-70,72-74H,3-26,29-59H2,1-2H3,(H,68,71)/b28-27-. The van der Waals surface area contributed by atoms with E-state index in [0.29, 0.717) is 12.8 Å². The molecule has 1 rings (SSSR count). The largest absolute Gasteiger partial charge is 0.394 e. The molecule has 7 atom stereocenters. The van der Waals surface area contributed by atoms with Gasteiger partial charge in [0.25, 0.3) is 0 Å². The third-order valence-corrected chi connectivity index (χ3v) is 16.6. The van der Waals surface area contributed by atoms with Gasteiger partial charge in [0.1, 0.15) is 24.4 Å². The molecule has 0 aromatic rings. The van der Waals surface area contributed by atoms with Crippen LogP contribution >= 0.6 is 0 Å². The van der Waals surface area contributed by atoms with Crippen LogP contribution < -0.4 is 5.32 Å². The van der Waals surface area contributed by atoms with Gasteiger partial charge in [-0.05, 0) is 38.5 Å². The lowest BCUT2D eigenvalue weighted by molar-refractivity contribution is -0.302. The summed E-state index contributed by atoms with van der Waals surface area (Å²) in [5.41, 5.74) is 0. The molecule has 1 saturated heterocycles. The van der Waals surface area contributed by atoms with Gasteiger partial charge in [-0.15, -0.1) is 0 Å². The number of amides is 1. The maximum absolute atomic E-state index is 13.1. The van der Waals surface area contributed by atoms with Crippen molar-refractivity contribution in [2.75, 3.05) is 13.2 Å². The number of carbonyl (C=O) groups is 1. The molecule has 1 aliphatic heterocycles. The van der Waals surface area contributed by atoms with Crippen LogP contribution in [0.2, 0.25) is 0 Å². The van der Waals surface area contributed by atoms with Crippen LogP contribution in [0.4, 0.5) is 0 Å². The van der Waals surface area contributed by atoms with Crippen molar-refractivity contribution < 1.29 is 39.8 Å². The second kappa shape index (κ2) is 57.2. The van der Waals surface area contributed by atoms with Crippen molar-refractivity contribution in [3.8, 4) is 0 Å². The molecule has 0 spiro atoms. The summed E-state index contributed by atoms with van der Waals surface area (Å²) in [6, 6.07) is -0.717. The summed E-state index contributed by atoms with van der Waals surface area (Å²) in [4.78, 5) is 13.1. The highest BCUT2D eigenvalue weighted by Crippen LogP contribution is 2.24. The minimum absolute atomic E-state index is 0.132. The fourth-order valence-corrected chi connectivity index (χ4v) is 11.3. The minimum atomic E-state index is -1.55. The van der Waals surface area contributed by atoms with Crippen LogP contribution in [-0.2, 0) is 14.3 Å². The van der Waals surface area contributed by atoms with Gasteiger partial charge in [0, 0.05) is 6.42 Å². The number of hydrogen-bond acceptors (Lipinski definition) is 8. The smallest absolute Gasteiger partial charge is 0.220 e. The van der Waals surface area contributed by atoms with Crippen LogP contribution in [0.1, 0.15) is 354 Å². The number of ether oxygens (including phenoxy) is 2. The second-order valence-corrected chi connectivity index (χ2v) is 24.0. The number of hydrogen-bond donors (Lipinski definition) is 6. The Balaban J connectivity index is 2.10. The highest BCUT2D eigenvalue weighted by atomic mass is 16.7. The highest BCUT2D eigenvalue weighted by Gasteiger charge is 2.44. The quantitative estimate of drug-likeness (QED) is 0.0261. The van der Waals surface area contributed by atoms with Crippen molar-refractivity contribution in [3.63, 3.8) is 0 Å². The van der Waals surface area contributed by atoms with Gasteiger partial charge in [-0.3, -0.25) is 4.79 Å². The Morgan fingerprint density at radius 3 is 1.07 bits per heavy atom. The van der Waals surface area contributed by atoms with Crippen molar-refractivity contribution in [2.45, 2.75) is 397 Å². The average Bonchev–Trinajstić information content (AvgIpc) is 3.42. The minimum Gasteiger partial charge on any atom is -0.394 e. The van der Waals surface area contributed by atoms with E-state index in [1.165, 1.54) is 289 Å². The van der Waals surface area contributed by atoms with Crippen molar-refractivity contribution in [2.24, 2.45) is 0 Å². The fraction of sp³-hybridized carbons (Fsp3) is 0.955. The molecule has 0 radical (unpaired) electrons. The fourth-order valence-electron chi connectivity index (χ4n) is 11.3. The number of aliphatic hydroxyl groups excluding tert-OH is 5. The zero-order valence-corrected chi connectivity index (χ0v) is 50.5. The normalized spacial score (nSPS) is 18.8. The summed E-state index contributed by atoms with van der Waals surface area (Å²) >= 11 is 0. The van der Waals surface area contributed by atoms with Gasteiger partial charge in [-0.2, -0.15) is 0 Å². The second-order valence-electron chi connectivity index (χ2n) is 24.0. The lowest BCUT2D eigenvalue weighted by Gasteiger charge is -2.40. The maximum atomic E-state index is 13.1. The van der Waals surface area contributed by atoms with Crippen LogP contribution in [0, 0.1) is 0 Å². The number of carbonyl (C=O) groups excluding carboxylic acids is 1. The molecule has 0 saturated carbocycles. The number of nitrogens with one attached hydrogen (secondary N) is 1. The van der Waals surface area contributed by atoms with Crippen LogP contribution in [0.3, 0.4) is 0 Å². The van der Waals surface area contributed by atoms with E-state index in [0.717, 1.165) is 38.5 Å². The molecule has 6 N–H and O–H groups in total. The molecule has 1 amide bonds. The predicted octanol–water partition coefficient (Wildman–Crippen LogP) is 17.9. The molecule has 1 aliphatic rings. The first-order valence-corrected chi connectivity index (χ1v) is 33.9. The van der Waals surface area contributed by atoms with E-state index in [2.05, 4.69) is 31.3 Å². The van der Waals surface area contributed by atoms with E-state index in [1.54, 1.807) is 0 Å². The summed E-state index contributed by atoms with van der Waals surface area (Å²) in [6.07, 6.45) is 65.6. The van der Waals surface area contributed by atoms with Crippen LogP contribution in [0.15, 0.2) is 12.2 Å². The third kappa shape index (κ3) is 45.6. The Bertz CT molecular complexity index is 1200. The van der Waals surface area contributed by atoms with Crippen LogP contribution in [-0.4, -0.2) is 87.5 Å². The SMILES string of the molecule is CCCCCCCCCCCCCC/C=C\CCCCCCCCCCCCCCCCCCC(=O)NC(COC1OC(CO)C(O)C(O)C1O)C(O)CCCCCCCCCCCCCCCCCCCCCCC. The van der Waals surface area contributed by atoms with E-state index < -0.39 is 49.5 Å². The number of aliphatic hydroxyl groups is 5. The zero-order valence-electron chi connectivity index (χ0n) is 50.5. The first-order valence-electron chi connectivity index (χ1n) is 33.9. The number of allylic oxidation sites excluding steroid dienone is 2. The Kier molecular flexibility index (Phi) is 54.9. The first-order chi connectivity index (χ1) is 37.3. The van der Waals surface area contributed by atoms with Gasteiger partial charge < -0.3 is 40.3 Å². The first kappa shape index (κ1) is 72.9. The lowest BCUT2D eigenvalue weighted by Crippen LogP contribution is -2.60. The van der Waals surface area contributed by atoms with Crippen molar-refractivity contribution >= 4 is 5.91 Å². The Labute approximate surface area is 471 Å². The van der Waals surface area contributed by atoms with E-state index in [4.69, 9.17) is 9.47 Å². The molecular formula is C67H131NO8. The monoisotopic (exact) mass is 1080 g/mol. The Hall–Kier alpha value is -1.07. The molecule has 9 heteroatoms. The van der Waals surface area contributed by atoms with Crippen LogP contribution in [0.25, 0.3) is 0 Å². The maximum Gasteiger partial charge on any atom is 0.220 e. The molecule has 1 heterocycles.